The zero-order valence-electron chi connectivity index (χ0n) is 18.1. The predicted octanol–water partition coefficient (Wildman–Crippen LogP) is 6.40. The summed E-state index contributed by atoms with van der Waals surface area (Å²) in [5.74, 6) is 0. The van der Waals surface area contributed by atoms with Crippen LogP contribution in [0.25, 0.3) is 0 Å². The monoisotopic (exact) mass is 395 g/mol. The van der Waals surface area contributed by atoms with Crippen molar-refractivity contribution in [2.75, 3.05) is 27.3 Å². The second-order valence-electron chi connectivity index (χ2n) is 7.42. The number of halogens is 1. The molecule has 0 amide bonds. The Balaban J connectivity index is 0. The van der Waals surface area contributed by atoms with Crippen molar-refractivity contribution in [1.82, 2.24) is 4.90 Å². The molecule has 0 N–H and O–H groups in total. The normalized spacial score (nSPS) is 14.4. The van der Waals surface area contributed by atoms with Crippen LogP contribution in [0, 0.1) is 0 Å². The molecule has 0 heterocycles. The Kier molecular flexibility index (Phi) is 18.3. The van der Waals surface area contributed by atoms with E-state index < -0.39 is 8.56 Å². The van der Waals surface area contributed by atoms with E-state index in [1.54, 1.807) is 0 Å². The van der Waals surface area contributed by atoms with Gasteiger partial charge in [0, 0.05) is 24.8 Å². The molecule has 0 rings (SSSR count). The molecule has 0 aliphatic heterocycles. The van der Waals surface area contributed by atoms with E-state index in [0.717, 1.165) is 13.2 Å². The highest BCUT2D eigenvalue weighted by atomic mass is 35.5. The fraction of sp³-hybridized carbons (Fsp3) is 1.00. The summed E-state index contributed by atoms with van der Waals surface area (Å²) in [6.07, 6.45) is 11.7. The summed E-state index contributed by atoms with van der Waals surface area (Å²) in [6.45, 7) is 12.6. The molecule has 5 heteroatoms. The first-order chi connectivity index (χ1) is 11.4. The highest BCUT2D eigenvalue weighted by Gasteiger charge is 2.41. The van der Waals surface area contributed by atoms with Gasteiger partial charge in [-0.1, -0.05) is 52.4 Å². The maximum Gasteiger partial charge on any atom is 0.338 e. The molecule has 0 spiro atoms. The first-order valence-electron chi connectivity index (χ1n) is 10.4. The quantitative estimate of drug-likeness (QED) is 0.223. The minimum Gasteiger partial charge on any atom is -0.394 e. The van der Waals surface area contributed by atoms with Crippen molar-refractivity contribution in [1.29, 1.82) is 0 Å². The summed E-state index contributed by atoms with van der Waals surface area (Å²) in [5.41, 5.74) is 0.595. The van der Waals surface area contributed by atoms with Crippen LogP contribution < -0.4 is 0 Å². The van der Waals surface area contributed by atoms with Gasteiger partial charge in [0.15, 0.2) is 0 Å². The fourth-order valence-electron chi connectivity index (χ4n) is 3.69. The molecule has 3 nitrogen and oxygen atoms in total. The lowest BCUT2D eigenvalue weighted by molar-refractivity contribution is 0.163. The largest absolute Gasteiger partial charge is 0.394 e. The SMILES string of the molecule is CCCCCCCC(CC(CCC)N(C)C)[Si](C)(OCC)OCC.Cl. The number of rotatable bonds is 16. The second kappa shape index (κ2) is 16.6. The first kappa shape index (κ1) is 27.6. The molecule has 2 atom stereocenters. The molecule has 0 aromatic rings. The molecule has 154 valence electrons. The van der Waals surface area contributed by atoms with Crippen LogP contribution in [0.15, 0.2) is 0 Å². The summed E-state index contributed by atoms with van der Waals surface area (Å²) in [4.78, 5) is 2.40. The zero-order chi connectivity index (χ0) is 18.4. The second-order valence-corrected chi connectivity index (χ2v) is 10.8. The smallest absolute Gasteiger partial charge is 0.338 e. The van der Waals surface area contributed by atoms with Crippen LogP contribution in [-0.4, -0.2) is 46.8 Å². The van der Waals surface area contributed by atoms with Gasteiger partial charge < -0.3 is 13.8 Å². The summed E-state index contributed by atoms with van der Waals surface area (Å²) in [6, 6.07) is 0.642. The molecule has 0 saturated heterocycles. The Morgan fingerprint density at radius 3 is 1.80 bits per heavy atom. The highest BCUT2D eigenvalue weighted by Crippen LogP contribution is 2.36. The summed E-state index contributed by atoms with van der Waals surface area (Å²) < 4.78 is 12.5. The van der Waals surface area contributed by atoms with Gasteiger partial charge in [-0.25, -0.2) is 0 Å². The van der Waals surface area contributed by atoms with Crippen molar-refractivity contribution in [3.8, 4) is 0 Å². The van der Waals surface area contributed by atoms with Crippen LogP contribution in [-0.2, 0) is 8.85 Å². The Morgan fingerprint density at radius 2 is 1.36 bits per heavy atom. The first-order valence-corrected chi connectivity index (χ1v) is 12.8. The number of hydrogen-bond acceptors (Lipinski definition) is 3. The van der Waals surface area contributed by atoms with Crippen LogP contribution in [0.5, 0.6) is 0 Å². The van der Waals surface area contributed by atoms with E-state index >= 15 is 0 Å². The molecule has 0 saturated carbocycles. The Labute approximate surface area is 165 Å². The molecule has 0 aromatic carbocycles. The molecule has 0 bridgehead atoms. The van der Waals surface area contributed by atoms with E-state index in [-0.39, 0.29) is 12.4 Å². The molecule has 0 aliphatic carbocycles. The number of hydrogen-bond donors (Lipinski definition) is 0. The Bertz CT molecular complexity index is 287. The molecular weight excluding hydrogens is 350 g/mol. The van der Waals surface area contributed by atoms with Crippen LogP contribution in [0.4, 0.5) is 0 Å². The van der Waals surface area contributed by atoms with Gasteiger partial charge in [0.05, 0.1) is 0 Å². The third kappa shape index (κ3) is 11.7. The van der Waals surface area contributed by atoms with Gasteiger partial charge in [0.25, 0.3) is 0 Å². The molecule has 0 radical (unpaired) electrons. The molecular formula is C20H46ClNO2Si. The summed E-state index contributed by atoms with van der Waals surface area (Å²) in [5, 5.41) is 0. The van der Waals surface area contributed by atoms with Crippen LogP contribution in [0.3, 0.4) is 0 Å². The molecule has 25 heavy (non-hydrogen) atoms. The molecule has 0 fully saturated rings. The van der Waals surface area contributed by atoms with Gasteiger partial charge in [-0.15, -0.1) is 12.4 Å². The van der Waals surface area contributed by atoms with Gasteiger partial charge in [-0.3, -0.25) is 0 Å². The van der Waals surface area contributed by atoms with E-state index in [4.69, 9.17) is 8.85 Å². The predicted molar refractivity (Wildman–Crippen MR) is 116 cm³/mol. The van der Waals surface area contributed by atoms with Crippen molar-refractivity contribution in [3.05, 3.63) is 0 Å². The van der Waals surface area contributed by atoms with E-state index in [1.807, 2.05) is 0 Å². The summed E-state index contributed by atoms with van der Waals surface area (Å²) >= 11 is 0. The van der Waals surface area contributed by atoms with E-state index in [9.17, 15) is 0 Å². The number of unbranched alkanes of at least 4 members (excludes halogenated alkanes) is 4. The third-order valence-electron chi connectivity index (χ3n) is 5.17. The van der Waals surface area contributed by atoms with Crippen molar-refractivity contribution < 1.29 is 8.85 Å². The van der Waals surface area contributed by atoms with Crippen molar-refractivity contribution >= 4 is 21.0 Å². The number of nitrogens with zero attached hydrogens (tertiary/aromatic N) is 1. The average Bonchev–Trinajstić information content (AvgIpc) is 2.52. The minimum absolute atomic E-state index is 0. The third-order valence-corrected chi connectivity index (χ3v) is 8.90. The van der Waals surface area contributed by atoms with Gasteiger partial charge in [0.1, 0.15) is 0 Å². The lowest BCUT2D eigenvalue weighted by Gasteiger charge is -2.37. The fourth-order valence-corrected chi connectivity index (χ4v) is 6.82. The van der Waals surface area contributed by atoms with Crippen molar-refractivity contribution in [3.63, 3.8) is 0 Å². The van der Waals surface area contributed by atoms with Crippen molar-refractivity contribution in [2.45, 2.75) is 104 Å². The standard InChI is InChI=1S/C20H45NO2Si.ClH/c1-8-12-13-14-15-17-20(18-19(16-9-2)21(5)6)24(7,22-10-3)23-11-4;/h19-20H,8-18H2,1-7H3;1H. The molecule has 0 aliphatic rings. The Hall–Kier alpha value is 0.387. The Morgan fingerprint density at radius 1 is 0.800 bits per heavy atom. The maximum atomic E-state index is 6.27. The van der Waals surface area contributed by atoms with Gasteiger partial charge in [-0.05, 0) is 53.8 Å². The van der Waals surface area contributed by atoms with Crippen LogP contribution in [0.2, 0.25) is 12.1 Å². The lowest BCUT2D eigenvalue weighted by Crippen LogP contribution is -2.46. The van der Waals surface area contributed by atoms with E-state index in [2.05, 4.69) is 53.2 Å². The van der Waals surface area contributed by atoms with Crippen LogP contribution >= 0.6 is 12.4 Å². The molecule has 0 aromatic heterocycles. The summed E-state index contributed by atoms with van der Waals surface area (Å²) in [7, 11) is 2.33. The van der Waals surface area contributed by atoms with E-state index in [0.29, 0.717) is 11.6 Å². The molecule has 2 unspecified atom stereocenters. The maximum absolute atomic E-state index is 6.27. The lowest BCUT2D eigenvalue weighted by atomic mass is 10.0. The zero-order valence-corrected chi connectivity index (χ0v) is 19.9. The highest BCUT2D eigenvalue weighted by molar-refractivity contribution is 6.67. The minimum atomic E-state index is -2.11. The van der Waals surface area contributed by atoms with Crippen LogP contribution in [0.1, 0.15) is 85.5 Å². The van der Waals surface area contributed by atoms with Gasteiger partial charge >= 0.3 is 8.56 Å². The van der Waals surface area contributed by atoms with Gasteiger partial charge in [0.2, 0.25) is 0 Å². The van der Waals surface area contributed by atoms with E-state index in [1.165, 1.54) is 57.8 Å². The average molecular weight is 396 g/mol. The van der Waals surface area contributed by atoms with Gasteiger partial charge in [-0.2, -0.15) is 0 Å². The topological polar surface area (TPSA) is 21.7 Å². The van der Waals surface area contributed by atoms with Crippen molar-refractivity contribution in [2.24, 2.45) is 0 Å².